The summed E-state index contributed by atoms with van der Waals surface area (Å²) in [6.07, 6.45) is 5.29. The first-order valence-electron chi connectivity index (χ1n) is 9.91. The third-order valence-corrected chi connectivity index (χ3v) is 6.04. The number of ether oxygens (including phenoxy) is 1. The van der Waals surface area contributed by atoms with Crippen LogP contribution in [0.3, 0.4) is 0 Å². The molecule has 4 rings (SSSR count). The van der Waals surface area contributed by atoms with Crippen molar-refractivity contribution in [1.29, 1.82) is 0 Å². The summed E-state index contributed by atoms with van der Waals surface area (Å²) in [5.41, 5.74) is 3.20. The van der Waals surface area contributed by atoms with Crippen molar-refractivity contribution in [2.75, 3.05) is 5.32 Å². The quantitative estimate of drug-likeness (QED) is 0.244. The van der Waals surface area contributed by atoms with Gasteiger partial charge in [-0.2, -0.15) is 5.10 Å². The van der Waals surface area contributed by atoms with Gasteiger partial charge in [-0.1, -0.05) is 13.8 Å². The molecule has 2 unspecified atom stereocenters. The van der Waals surface area contributed by atoms with Crippen molar-refractivity contribution in [2.24, 2.45) is 30.1 Å². The standard InChI is InChI=1S/C22H24N6O3/c1-13-14(2)22(13,21(30)27-23)20(29)26-16-4-6-17(7-5-16)31-18-8-9-24-19(10-18)15-11-25-28(3)12-15/h4-14H,23H2,1-3H3,(H,26,29)(H,27,30). The lowest BCUT2D eigenvalue weighted by atomic mass is 10.00. The van der Waals surface area contributed by atoms with Crippen molar-refractivity contribution in [1.82, 2.24) is 20.2 Å². The van der Waals surface area contributed by atoms with Crippen LogP contribution in [-0.2, 0) is 16.6 Å². The van der Waals surface area contributed by atoms with Crippen LogP contribution in [0.15, 0.2) is 55.0 Å². The predicted molar refractivity (Wildman–Crippen MR) is 115 cm³/mol. The molecule has 9 heteroatoms. The molecule has 2 heterocycles. The molecule has 0 bridgehead atoms. The van der Waals surface area contributed by atoms with Crippen LogP contribution in [0.5, 0.6) is 11.5 Å². The van der Waals surface area contributed by atoms with Crippen LogP contribution in [0.2, 0.25) is 0 Å². The minimum absolute atomic E-state index is 0.0839. The van der Waals surface area contributed by atoms with E-state index >= 15 is 0 Å². The lowest BCUT2D eigenvalue weighted by molar-refractivity contribution is -0.135. The third kappa shape index (κ3) is 3.64. The Labute approximate surface area is 179 Å². The van der Waals surface area contributed by atoms with Crippen molar-refractivity contribution >= 4 is 17.5 Å². The van der Waals surface area contributed by atoms with Crippen molar-refractivity contribution in [3.05, 3.63) is 55.0 Å². The molecule has 3 aromatic rings. The van der Waals surface area contributed by atoms with Gasteiger partial charge >= 0.3 is 0 Å². The first kappa shape index (κ1) is 20.5. The van der Waals surface area contributed by atoms with Crippen LogP contribution < -0.4 is 21.3 Å². The second-order valence-electron chi connectivity index (χ2n) is 7.78. The Morgan fingerprint density at radius 2 is 1.81 bits per heavy atom. The van der Waals surface area contributed by atoms with Gasteiger partial charge in [-0.15, -0.1) is 0 Å². The van der Waals surface area contributed by atoms with E-state index in [-0.39, 0.29) is 17.7 Å². The van der Waals surface area contributed by atoms with Gasteiger partial charge in [0.25, 0.3) is 0 Å². The Morgan fingerprint density at radius 1 is 1.10 bits per heavy atom. The Morgan fingerprint density at radius 3 is 2.39 bits per heavy atom. The minimum atomic E-state index is -1.14. The van der Waals surface area contributed by atoms with Gasteiger partial charge in [0.1, 0.15) is 16.9 Å². The highest BCUT2D eigenvalue weighted by Gasteiger charge is 2.69. The zero-order valence-electron chi connectivity index (χ0n) is 17.5. The average Bonchev–Trinajstić information content (AvgIpc) is 3.09. The fourth-order valence-electron chi connectivity index (χ4n) is 3.99. The normalized spacial score (nSPS) is 21.9. The number of aryl methyl sites for hydroxylation is 1. The summed E-state index contributed by atoms with van der Waals surface area (Å²) >= 11 is 0. The minimum Gasteiger partial charge on any atom is -0.457 e. The SMILES string of the molecule is CC1C(C)C1(C(=O)NN)C(=O)Nc1ccc(Oc2ccnc(-c3cnn(C)c3)c2)cc1. The van der Waals surface area contributed by atoms with E-state index in [0.29, 0.717) is 17.2 Å². The summed E-state index contributed by atoms with van der Waals surface area (Å²) in [4.78, 5) is 29.4. The van der Waals surface area contributed by atoms with E-state index in [1.807, 2.05) is 33.2 Å². The van der Waals surface area contributed by atoms with E-state index in [9.17, 15) is 9.59 Å². The Balaban J connectivity index is 1.45. The summed E-state index contributed by atoms with van der Waals surface area (Å²) < 4.78 is 7.63. The number of anilines is 1. The predicted octanol–water partition coefficient (Wildman–Crippen LogP) is 2.47. The number of amides is 2. The number of carbonyl (C=O) groups excluding carboxylic acids is 2. The van der Waals surface area contributed by atoms with Gasteiger partial charge in [0, 0.05) is 36.8 Å². The molecule has 160 valence electrons. The zero-order valence-corrected chi connectivity index (χ0v) is 17.5. The molecule has 1 fully saturated rings. The number of hydrogen-bond donors (Lipinski definition) is 3. The Bertz CT molecular complexity index is 1120. The summed E-state index contributed by atoms with van der Waals surface area (Å²) in [5, 5.41) is 6.97. The van der Waals surface area contributed by atoms with E-state index in [1.54, 1.807) is 47.4 Å². The topological polar surface area (TPSA) is 124 Å². The molecule has 1 aromatic carbocycles. The third-order valence-electron chi connectivity index (χ3n) is 6.04. The van der Waals surface area contributed by atoms with Gasteiger partial charge in [-0.05, 0) is 42.2 Å². The molecule has 2 amide bonds. The number of nitrogens with one attached hydrogen (secondary N) is 2. The summed E-state index contributed by atoms with van der Waals surface area (Å²) in [6.45, 7) is 3.73. The molecular weight excluding hydrogens is 396 g/mol. The molecule has 2 aromatic heterocycles. The molecule has 31 heavy (non-hydrogen) atoms. The van der Waals surface area contributed by atoms with Gasteiger partial charge in [0.05, 0.1) is 11.9 Å². The van der Waals surface area contributed by atoms with Crippen LogP contribution in [0.1, 0.15) is 13.8 Å². The van der Waals surface area contributed by atoms with Gasteiger partial charge in [0.15, 0.2) is 0 Å². The van der Waals surface area contributed by atoms with Crippen LogP contribution >= 0.6 is 0 Å². The highest BCUT2D eigenvalue weighted by molar-refractivity contribution is 6.13. The van der Waals surface area contributed by atoms with E-state index < -0.39 is 11.3 Å². The average molecular weight is 420 g/mol. The molecule has 0 spiro atoms. The lowest BCUT2D eigenvalue weighted by Gasteiger charge is -2.16. The molecular formula is C22H24N6O3. The van der Waals surface area contributed by atoms with Gasteiger partial charge in [-0.3, -0.25) is 24.7 Å². The number of hydrazine groups is 1. The maximum absolute atomic E-state index is 12.8. The molecule has 9 nitrogen and oxygen atoms in total. The van der Waals surface area contributed by atoms with E-state index in [1.165, 1.54) is 0 Å². The maximum atomic E-state index is 12.8. The van der Waals surface area contributed by atoms with Crippen LogP contribution in [-0.4, -0.2) is 26.6 Å². The second kappa shape index (κ2) is 7.84. The molecule has 2 atom stereocenters. The molecule has 0 saturated heterocycles. The monoisotopic (exact) mass is 420 g/mol. The molecule has 1 aliphatic carbocycles. The summed E-state index contributed by atoms with van der Waals surface area (Å²) in [6, 6.07) is 10.5. The highest BCUT2D eigenvalue weighted by Crippen LogP contribution is 2.59. The fourth-order valence-corrected chi connectivity index (χ4v) is 3.99. The largest absolute Gasteiger partial charge is 0.457 e. The van der Waals surface area contributed by atoms with Crippen LogP contribution in [0.4, 0.5) is 5.69 Å². The van der Waals surface area contributed by atoms with E-state index in [0.717, 1.165) is 11.3 Å². The van der Waals surface area contributed by atoms with Gasteiger partial charge in [0.2, 0.25) is 11.8 Å². The van der Waals surface area contributed by atoms with E-state index in [2.05, 4.69) is 20.8 Å². The smallest absolute Gasteiger partial charge is 0.250 e. The number of hydrogen-bond acceptors (Lipinski definition) is 6. The number of nitrogens with two attached hydrogens (primary N) is 1. The van der Waals surface area contributed by atoms with Crippen molar-refractivity contribution < 1.29 is 14.3 Å². The number of nitrogens with zero attached hydrogens (tertiary/aromatic N) is 3. The van der Waals surface area contributed by atoms with Crippen molar-refractivity contribution in [2.45, 2.75) is 13.8 Å². The van der Waals surface area contributed by atoms with Gasteiger partial charge < -0.3 is 10.1 Å². The lowest BCUT2D eigenvalue weighted by Crippen LogP contribution is -2.45. The maximum Gasteiger partial charge on any atom is 0.250 e. The molecule has 4 N–H and O–H groups in total. The van der Waals surface area contributed by atoms with Crippen LogP contribution in [0, 0.1) is 17.3 Å². The van der Waals surface area contributed by atoms with E-state index in [4.69, 9.17) is 10.6 Å². The molecule has 1 aliphatic rings. The molecule has 0 aliphatic heterocycles. The number of carbonyl (C=O) groups is 2. The fraction of sp³-hybridized carbons (Fsp3) is 0.273. The Hall–Kier alpha value is -3.72. The number of rotatable bonds is 6. The zero-order chi connectivity index (χ0) is 22.2. The van der Waals surface area contributed by atoms with Gasteiger partial charge in [-0.25, -0.2) is 5.84 Å². The highest BCUT2D eigenvalue weighted by atomic mass is 16.5. The second-order valence-corrected chi connectivity index (χ2v) is 7.78. The first-order chi connectivity index (χ1) is 14.9. The van der Waals surface area contributed by atoms with Crippen molar-refractivity contribution in [3.8, 4) is 22.8 Å². The summed E-state index contributed by atoms with van der Waals surface area (Å²) in [7, 11) is 1.85. The van der Waals surface area contributed by atoms with Crippen molar-refractivity contribution in [3.63, 3.8) is 0 Å². The number of benzene rings is 1. The summed E-state index contributed by atoms with van der Waals surface area (Å²) in [5.74, 6) is 5.53. The first-order valence-corrected chi connectivity index (χ1v) is 9.91. The number of pyridine rings is 1. The molecule has 1 saturated carbocycles. The van der Waals surface area contributed by atoms with Crippen LogP contribution in [0.25, 0.3) is 11.3 Å². The number of aromatic nitrogens is 3. The Kier molecular flexibility index (Phi) is 5.20. The molecule has 0 radical (unpaired) electrons.